The fraction of sp³-hybridized carbons (Fsp3) is 0.765. The average Bonchev–Trinajstić information content (AvgIpc) is 3.06. The molecule has 0 spiro atoms. The maximum absolute atomic E-state index is 12.7. The van der Waals surface area contributed by atoms with Crippen LogP contribution in [0.2, 0.25) is 0 Å². The number of rotatable bonds is 1. The zero-order valence-corrected chi connectivity index (χ0v) is 14.3. The Morgan fingerprint density at radius 2 is 2.08 bits per heavy atom. The molecule has 3 rings (SSSR count). The first kappa shape index (κ1) is 17.4. The fourth-order valence-corrected chi connectivity index (χ4v) is 3.89. The predicted octanol–water partition coefficient (Wildman–Crippen LogP) is -0.147. The minimum absolute atomic E-state index is 0.0310. The van der Waals surface area contributed by atoms with E-state index in [1.165, 1.54) is 6.92 Å². The van der Waals surface area contributed by atoms with E-state index in [1.807, 2.05) is 6.08 Å². The Morgan fingerprint density at radius 1 is 1.38 bits per heavy atom. The smallest absolute Gasteiger partial charge is 0.340 e. The first-order valence-electron chi connectivity index (χ1n) is 8.44. The van der Waals surface area contributed by atoms with Crippen molar-refractivity contribution in [3.05, 3.63) is 11.6 Å². The van der Waals surface area contributed by atoms with Crippen LogP contribution in [-0.2, 0) is 19.1 Å². The lowest BCUT2D eigenvalue weighted by Gasteiger charge is -2.33. The lowest BCUT2D eigenvalue weighted by molar-refractivity contribution is -0.186. The van der Waals surface area contributed by atoms with Crippen LogP contribution in [0.3, 0.4) is 0 Å². The number of cyclic esters (lactones) is 1. The van der Waals surface area contributed by atoms with Gasteiger partial charge in [0.1, 0.15) is 18.8 Å². The molecule has 24 heavy (non-hydrogen) atoms. The van der Waals surface area contributed by atoms with E-state index in [4.69, 9.17) is 9.47 Å². The standard InChI is InChI=1S/C17H25NO6/c1-9(2)12-14(19)17(3,22)16(21)23-8-10-4-6-18-7-5-11(13(10)18)24-15(12)20/h4,9,11-14,19,22H,5-8H2,1-3H3/t11-,12-,13-,14+,17-/m1/s1. The molecule has 0 bridgehead atoms. The third kappa shape index (κ3) is 2.74. The first-order valence-corrected chi connectivity index (χ1v) is 8.44. The van der Waals surface area contributed by atoms with E-state index in [9.17, 15) is 19.8 Å². The number of aliphatic hydroxyl groups excluding tert-OH is 1. The minimum atomic E-state index is -2.17. The van der Waals surface area contributed by atoms with Gasteiger partial charge in [-0.3, -0.25) is 9.69 Å². The molecule has 0 aromatic carbocycles. The van der Waals surface area contributed by atoms with Crippen LogP contribution < -0.4 is 0 Å². The van der Waals surface area contributed by atoms with Gasteiger partial charge in [0.2, 0.25) is 0 Å². The van der Waals surface area contributed by atoms with Gasteiger partial charge in [0, 0.05) is 13.1 Å². The zero-order chi connectivity index (χ0) is 17.6. The van der Waals surface area contributed by atoms with Gasteiger partial charge in [-0.15, -0.1) is 0 Å². The van der Waals surface area contributed by atoms with E-state index in [0.29, 0.717) is 6.42 Å². The van der Waals surface area contributed by atoms with Gasteiger partial charge in [0.25, 0.3) is 0 Å². The SMILES string of the molecule is CC(C)[C@H]1C(=O)O[C@@H]2CCN3CC=C(COC(=O)[C@](C)(O)[C@H]1O)[C@H]23. The third-order valence-corrected chi connectivity index (χ3v) is 5.37. The highest BCUT2D eigenvalue weighted by Gasteiger charge is 2.51. The number of hydrogen-bond donors (Lipinski definition) is 2. The number of carbonyl (C=O) groups excluding carboxylic acids is 2. The van der Waals surface area contributed by atoms with Gasteiger partial charge < -0.3 is 19.7 Å². The van der Waals surface area contributed by atoms with Gasteiger partial charge in [0.15, 0.2) is 5.60 Å². The molecular weight excluding hydrogens is 314 g/mol. The van der Waals surface area contributed by atoms with E-state index in [-0.39, 0.29) is 24.7 Å². The Kier molecular flexibility index (Phi) is 4.44. The summed E-state index contributed by atoms with van der Waals surface area (Å²) < 4.78 is 11.0. The van der Waals surface area contributed by atoms with E-state index < -0.39 is 29.6 Å². The molecular formula is C17H25NO6. The molecule has 7 heteroatoms. The van der Waals surface area contributed by atoms with Crippen molar-refractivity contribution in [3.63, 3.8) is 0 Å². The summed E-state index contributed by atoms with van der Waals surface area (Å²) in [5, 5.41) is 21.0. The van der Waals surface area contributed by atoms with Crippen LogP contribution in [0, 0.1) is 11.8 Å². The molecule has 2 fully saturated rings. The quantitative estimate of drug-likeness (QED) is 0.507. The van der Waals surface area contributed by atoms with Gasteiger partial charge in [-0.2, -0.15) is 0 Å². The summed E-state index contributed by atoms with van der Waals surface area (Å²) in [6, 6.07) is -0.0882. The lowest BCUT2D eigenvalue weighted by Crippen LogP contribution is -2.54. The van der Waals surface area contributed by atoms with Crippen LogP contribution in [0.4, 0.5) is 0 Å². The van der Waals surface area contributed by atoms with Gasteiger partial charge >= 0.3 is 11.9 Å². The van der Waals surface area contributed by atoms with Crippen molar-refractivity contribution < 1.29 is 29.3 Å². The second-order valence-corrected chi connectivity index (χ2v) is 7.42. The molecule has 3 aliphatic heterocycles. The van der Waals surface area contributed by atoms with E-state index in [0.717, 1.165) is 18.7 Å². The largest absolute Gasteiger partial charge is 0.460 e. The monoisotopic (exact) mass is 339 g/mol. The van der Waals surface area contributed by atoms with Crippen molar-refractivity contribution >= 4 is 11.9 Å². The highest BCUT2D eigenvalue weighted by atomic mass is 16.6. The summed E-state index contributed by atoms with van der Waals surface area (Å²) in [6.45, 7) is 6.25. The fourth-order valence-electron chi connectivity index (χ4n) is 3.89. The van der Waals surface area contributed by atoms with E-state index in [1.54, 1.807) is 13.8 Å². The predicted molar refractivity (Wildman–Crippen MR) is 83.9 cm³/mol. The van der Waals surface area contributed by atoms with Crippen molar-refractivity contribution in [2.24, 2.45) is 11.8 Å². The van der Waals surface area contributed by atoms with Crippen molar-refractivity contribution in [1.82, 2.24) is 4.90 Å². The molecule has 0 amide bonds. The summed E-state index contributed by atoms with van der Waals surface area (Å²) in [7, 11) is 0. The number of nitrogens with zero attached hydrogens (tertiary/aromatic N) is 1. The van der Waals surface area contributed by atoms with Crippen LogP contribution >= 0.6 is 0 Å². The number of aliphatic hydroxyl groups is 2. The molecule has 0 saturated carbocycles. The van der Waals surface area contributed by atoms with Crippen molar-refractivity contribution in [2.45, 2.75) is 51.0 Å². The number of carbonyl (C=O) groups is 2. The summed E-state index contributed by atoms with van der Waals surface area (Å²) in [5.41, 5.74) is -1.29. The lowest BCUT2D eigenvalue weighted by atomic mass is 9.81. The van der Waals surface area contributed by atoms with Gasteiger partial charge in [0.05, 0.1) is 12.0 Å². The number of hydrogen-bond acceptors (Lipinski definition) is 7. The van der Waals surface area contributed by atoms with E-state index >= 15 is 0 Å². The topological polar surface area (TPSA) is 96.3 Å². The highest BCUT2D eigenvalue weighted by molar-refractivity contribution is 5.82. The summed E-state index contributed by atoms with van der Waals surface area (Å²) in [6.07, 6.45) is 0.767. The Bertz CT molecular complexity index is 569. The summed E-state index contributed by atoms with van der Waals surface area (Å²) in [4.78, 5) is 27.2. The van der Waals surface area contributed by atoms with Crippen LogP contribution in [0.25, 0.3) is 0 Å². The maximum atomic E-state index is 12.7. The Morgan fingerprint density at radius 3 is 2.75 bits per heavy atom. The normalized spacial score (nSPS) is 40.7. The van der Waals surface area contributed by atoms with Gasteiger partial charge in [-0.25, -0.2) is 4.79 Å². The molecule has 2 N–H and O–H groups in total. The Hall–Kier alpha value is -1.44. The molecule has 3 heterocycles. The number of esters is 2. The second kappa shape index (κ2) is 6.13. The van der Waals surface area contributed by atoms with Crippen molar-refractivity contribution in [2.75, 3.05) is 19.7 Å². The third-order valence-electron chi connectivity index (χ3n) is 5.37. The summed E-state index contributed by atoms with van der Waals surface area (Å²) in [5.74, 6) is -2.81. The molecule has 7 nitrogen and oxygen atoms in total. The Labute approximate surface area is 141 Å². The molecule has 0 radical (unpaired) electrons. The molecule has 0 aliphatic carbocycles. The molecule has 134 valence electrons. The molecule has 0 aromatic heterocycles. The first-order chi connectivity index (χ1) is 11.2. The maximum Gasteiger partial charge on any atom is 0.340 e. The molecule has 3 aliphatic rings. The molecule has 0 unspecified atom stereocenters. The molecule has 0 aromatic rings. The number of ether oxygens (including phenoxy) is 2. The van der Waals surface area contributed by atoms with Crippen LogP contribution in [0.1, 0.15) is 27.2 Å². The van der Waals surface area contributed by atoms with E-state index in [2.05, 4.69) is 4.90 Å². The van der Waals surface area contributed by atoms with Gasteiger partial charge in [-0.05, 0) is 24.8 Å². The highest BCUT2D eigenvalue weighted by Crippen LogP contribution is 2.35. The zero-order valence-electron chi connectivity index (χ0n) is 14.3. The Balaban J connectivity index is 1.96. The minimum Gasteiger partial charge on any atom is -0.460 e. The van der Waals surface area contributed by atoms with Gasteiger partial charge in [-0.1, -0.05) is 19.9 Å². The average molecular weight is 339 g/mol. The summed E-state index contributed by atoms with van der Waals surface area (Å²) >= 11 is 0. The van der Waals surface area contributed by atoms with Crippen LogP contribution in [0.15, 0.2) is 11.6 Å². The van der Waals surface area contributed by atoms with Crippen molar-refractivity contribution in [3.8, 4) is 0 Å². The molecule has 5 atom stereocenters. The molecule has 2 saturated heterocycles. The second-order valence-electron chi connectivity index (χ2n) is 7.42. The van der Waals surface area contributed by atoms with Crippen molar-refractivity contribution in [1.29, 1.82) is 0 Å². The van der Waals surface area contributed by atoms with Crippen LogP contribution in [0.5, 0.6) is 0 Å². The van der Waals surface area contributed by atoms with Crippen LogP contribution in [-0.4, -0.2) is 70.6 Å².